The van der Waals surface area contributed by atoms with Gasteiger partial charge in [0.1, 0.15) is 0 Å². The van der Waals surface area contributed by atoms with Crippen LogP contribution in [0.25, 0.3) is 17.1 Å². The molecule has 7 heteroatoms. The highest BCUT2D eigenvalue weighted by Crippen LogP contribution is 2.26. The van der Waals surface area contributed by atoms with E-state index in [1.54, 1.807) is 28.9 Å². The molecule has 1 amide bonds. The maximum absolute atomic E-state index is 12.9. The standard InChI is InChI=1S/C24H20Cl2N4O/c1-14-8-10-20(11-16(14)3)30-23(17-5-4-6-18(25)12-17)28-22(29-30)24(31)27-19-9-7-15(2)21(26)13-19/h4-13H,1-3H3,(H,27,31). The van der Waals surface area contributed by atoms with Gasteiger partial charge < -0.3 is 5.32 Å². The molecule has 0 aliphatic rings. The number of anilines is 1. The van der Waals surface area contributed by atoms with Gasteiger partial charge in [-0.3, -0.25) is 4.79 Å². The van der Waals surface area contributed by atoms with E-state index in [-0.39, 0.29) is 5.82 Å². The van der Waals surface area contributed by atoms with E-state index in [4.69, 9.17) is 23.2 Å². The van der Waals surface area contributed by atoms with E-state index in [2.05, 4.69) is 15.4 Å². The molecule has 3 aromatic carbocycles. The first kappa shape index (κ1) is 21.1. The molecule has 0 atom stereocenters. The van der Waals surface area contributed by atoms with Crippen molar-refractivity contribution < 1.29 is 4.79 Å². The Hall–Kier alpha value is -3.15. The summed E-state index contributed by atoms with van der Waals surface area (Å²) in [5.74, 6) is 0.147. The van der Waals surface area contributed by atoms with Crippen molar-refractivity contribution in [1.29, 1.82) is 0 Å². The lowest BCUT2D eigenvalue weighted by Gasteiger charge is -2.08. The molecule has 1 N–H and O–H groups in total. The zero-order valence-corrected chi connectivity index (χ0v) is 18.8. The maximum Gasteiger partial charge on any atom is 0.295 e. The minimum atomic E-state index is -0.425. The van der Waals surface area contributed by atoms with Crippen LogP contribution in [0.3, 0.4) is 0 Å². The number of carbonyl (C=O) groups is 1. The predicted molar refractivity (Wildman–Crippen MR) is 125 cm³/mol. The van der Waals surface area contributed by atoms with Crippen molar-refractivity contribution in [2.45, 2.75) is 20.8 Å². The van der Waals surface area contributed by atoms with Crippen LogP contribution in [0.4, 0.5) is 5.69 Å². The largest absolute Gasteiger partial charge is 0.319 e. The fourth-order valence-corrected chi connectivity index (χ4v) is 3.49. The Labute approximate surface area is 190 Å². The summed E-state index contributed by atoms with van der Waals surface area (Å²) in [7, 11) is 0. The molecule has 5 nitrogen and oxygen atoms in total. The van der Waals surface area contributed by atoms with Crippen LogP contribution < -0.4 is 5.32 Å². The summed E-state index contributed by atoms with van der Waals surface area (Å²) in [5, 5.41) is 8.48. The van der Waals surface area contributed by atoms with Crippen LogP contribution >= 0.6 is 23.2 Å². The van der Waals surface area contributed by atoms with Crippen LogP contribution in [0.1, 0.15) is 27.3 Å². The van der Waals surface area contributed by atoms with Gasteiger partial charge in [0.25, 0.3) is 5.91 Å². The van der Waals surface area contributed by atoms with Crippen molar-refractivity contribution in [2.24, 2.45) is 0 Å². The number of aryl methyl sites for hydroxylation is 3. The SMILES string of the molecule is Cc1ccc(-n2nc(C(=O)Nc3ccc(C)c(Cl)c3)nc2-c2cccc(Cl)c2)cc1C. The second-order valence-electron chi connectivity index (χ2n) is 7.37. The third-order valence-corrected chi connectivity index (χ3v) is 5.70. The number of benzene rings is 3. The molecular formula is C24H20Cl2N4O. The van der Waals surface area contributed by atoms with Gasteiger partial charge in [-0.2, -0.15) is 0 Å². The number of hydrogen-bond acceptors (Lipinski definition) is 3. The van der Waals surface area contributed by atoms with E-state index in [9.17, 15) is 4.79 Å². The number of nitrogens with one attached hydrogen (secondary N) is 1. The molecule has 1 heterocycles. The van der Waals surface area contributed by atoms with Gasteiger partial charge in [-0.05, 0) is 73.9 Å². The lowest BCUT2D eigenvalue weighted by atomic mass is 10.1. The highest BCUT2D eigenvalue weighted by atomic mass is 35.5. The smallest absolute Gasteiger partial charge is 0.295 e. The Kier molecular flexibility index (Phi) is 5.81. The Morgan fingerprint density at radius 3 is 2.39 bits per heavy atom. The van der Waals surface area contributed by atoms with Gasteiger partial charge in [-0.25, -0.2) is 9.67 Å². The molecule has 1 aromatic heterocycles. The average Bonchev–Trinajstić information content (AvgIpc) is 3.18. The van der Waals surface area contributed by atoms with Gasteiger partial charge in [0, 0.05) is 21.3 Å². The van der Waals surface area contributed by atoms with Crippen molar-refractivity contribution in [3.05, 3.63) is 93.2 Å². The first-order valence-electron chi connectivity index (χ1n) is 9.70. The second-order valence-corrected chi connectivity index (χ2v) is 8.21. The van der Waals surface area contributed by atoms with E-state index in [0.717, 1.165) is 22.4 Å². The van der Waals surface area contributed by atoms with Crippen LogP contribution in [0.15, 0.2) is 60.7 Å². The van der Waals surface area contributed by atoms with Crippen molar-refractivity contribution in [1.82, 2.24) is 14.8 Å². The Morgan fingerprint density at radius 2 is 1.68 bits per heavy atom. The molecule has 0 radical (unpaired) electrons. The van der Waals surface area contributed by atoms with Gasteiger partial charge >= 0.3 is 0 Å². The van der Waals surface area contributed by atoms with E-state index < -0.39 is 5.91 Å². The molecule has 4 rings (SSSR count). The highest BCUT2D eigenvalue weighted by Gasteiger charge is 2.19. The number of carbonyl (C=O) groups excluding carboxylic acids is 1. The van der Waals surface area contributed by atoms with Crippen LogP contribution in [-0.2, 0) is 0 Å². The van der Waals surface area contributed by atoms with E-state index in [0.29, 0.717) is 21.6 Å². The number of halogens is 2. The quantitative estimate of drug-likeness (QED) is 0.390. The summed E-state index contributed by atoms with van der Waals surface area (Å²) >= 11 is 12.4. The zero-order valence-electron chi connectivity index (χ0n) is 17.3. The van der Waals surface area contributed by atoms with Gasteiger partial charge in [-0.1, -0.05) is 47.5 Å². The molecule has 0 fully saturated rings. The van der Waals surface area contributed by atoms with Gasteiger partial charge in [0.15, 0.2) is 5.82 Å². The highest BCUT2D eigenvalue weighted by molar-refractivity contribution is 6.31. The fraction of sp³-hybridized carbons (Fsp3) is 0.125. The third kappa shape index (κ3) is 4.48. The zero-order chi connectivity index (χ0) is 22.1. The van der Waals surface area contributed by atoms with Crippen molar-refractivity contribution in [3.63, 3.8) is 0 Å². The Balaban J connectivity index is 1.77. The topological polar surface area (TPSA) is 59.8 Å². The number of aromatic nitrogens is 3. The first-order valence-corrected chi connectivity index (χ1v) is 10.5. The molecule has 31 heavy (non-hydrogen) atoms. The summed E-state index contributed by atoms with van der Waals surface area (Å²) in [6.45, 7) is 5.98. The lowest BCUT2D eigenvalue weighted by molar-refractivity contribution is 0.101. The van der Waals surface area contributed by atoms with E-state index in [1.165, 1.54) is 5.56 Å². The molecular weight excluding hydrogens is 431 g/mol. The summed E-state index contributed by atoms with van der Waals surface area (Å²) in [5.41, 5.74) is 5.36. The van der Waals surface area contributed by atoms with Crippen molar-refractivity contribution in [2.75, 3.05) is 5.32 Å². The maximum atomic E-state index is 12.9. The number of nitrogens with zero attached hydrogens (tertiary/aromatic N) is 3. The fourth-order valence-electron chi connectivity index (χ4n) is 3.12. The third-order valence-electron chi connectivity index (χ3n) is 5.06. The Morgan fingerprint density at radius 1 is 0.903 bits per heavy atom. The molecule has 0 saturated heterocycles. The van der Waals surface area contributed by atoms with Crippen LogP contribution in [0.5, 0.6) is 0 Å². The van der Waals surface area contributed by atoms with Crippen molar-refractivity contribution in [3.8, 4) is 17.1 Å². The number of amides is 1. The predicted octanol–water partition coefficient (Wildman–Crippen LogP) is 6.42. The number of rotatable bonds is 4. The lowest BCUT2D eigenvalue weighted by Crippen LogP contribution is -2.14. The minimum Gasteiger partial charge on any atom is -0.319 e. The monoisotopic (exact) mass is 450 g/mol. The molecule has 0 spiro atoms. The average molecular weight is 451 g/mol. The summed E-state index contributed by atoms with van der Waals surface area (Å²) in [6.07, 6.45) is 0. The van der Waals surface area contributed by atoms with E-state index >= 15 is 0 Å². The summed E-state index contributed by atoms with van der Waals surface area (Å²) in [4.78, 5) is 17.4. The molecule has 0 bridgehead atoms. The minimum absolute atomic E-state index is 0.0462. The summed E-state index contributed by atoms with van der Waals surface area (Å²) < 4.78 is 1.66. The van der Waals surface area contributed by atoms with Gasteiger partial charge in [0.2, 0.25) is 5.82 Å². The molecule has 0 aliphatic carbocycles. The molecule has 4 aromatic rings. The molecule has 156 valence electrons. The molecule has 0 aliphatic heterocycles. The Bertz CT molecular complexity index is 1300. The van der Waals surface area contributed by atoms with Crippen LogP contribution in [-0.4, -0.2) is 20.7 Å². The molecule has 0 saturated carbocycles. The van der Waals surface area contributed by atoms with Crippen molar-refractivity contribution >= 4 is 34.8 Å². The van der Waals surface area contributed by atoms with Gasteiger partial charge in [0.05, 0.1) is 5.69 Å². The summed E-state index contributed by atoms with van der Waals surface area (Å²) in [6, 6.07) is 18.6. The van der Waals surface area contributed by atoms with E-state index in [1.807, 2.05) is 57.2 Å². The van der Waals surface area contributed by atoms with Gasteiger partial charge in [-0.15, -0.1) is 5.10 Å². The van der Waals surface area contributed by atoms with Crippen LogP contribution in [0.2, 0.25) is 10.0 Å². The normalized spacial score (nSPS) is 10.9. The second kappa shape index (κ2) is 8.53. The van der Waals surface area contributed by atoms with Crippen LogP contribution in [0, 0.1) is 20.8 Å². The molecule has 0 unspecified atom stereocenters. The number of hydrogen-bond donors (Lipinski definition) is 1. The first-order chi connectivity index (χ1) is 14.8.